The van der Waals surface area contributed by atoms with Crippen molar-refractivity contribution in [3.8, 4) is 39.5 Å². The molecule has 210 valence electrons. The van der Waals surface area contributed by atoms with E-state index in [1.54, 1.807) is 0 Å². The van der Waals surface area contributed by atoms with Crippen LogP contribution in [-0.4, -0.2) is 14.5 Å². The van der Waals surface area contributed by atoms with E-state index in [1.165, 1.54) is 49.0 Å². The molecule has 9 aromatic rings. The Morgan fingerprint density at radius 3 is 2.00 bits per heavy atom. The summed E-state index contributed by atoms with van der Waals surface area (Å²) < 4.78 is 2.41. The number of nitrogens with zero attached hydrogens (tertiary/aromatic N) is 3. The number of pyridine rings is 2. The van der Waals surface area contributed by atoms with Gasteiger partial charge < -0.3 is 4.57 Å². The number of benzene rings is 6. The van der Waals surface area contributed by atoms with Crippen molar-refractivity contribution in [2.45, 2.75) is 0 Å². The Kier molecular flexibility index (Phi) is 5.82. The first-order valence-electron chi connectivity index (χ1n) is 15.3. The molecule has 0 N–H and O–H groups in total. The molecule has 3 aromatic heterocycles. The maximum atomic E-state index is 5.14. The first-order chi connectivity index (χ1) is 22.3. The molecule has 0 aliphatic heterocycles. The third-order valence-corrected chi connectivity index (χ3v) is 8.84. The van der Waals surface area contributed by atoms with Gasteiger partial charge in [-0.1, -0.05) is 109 Å². The van der Waals surface area contributed by atoms with Gasteiger partial charge in [0.1, 0.15) is 0 Å². The Morgan fingerprint density at radius 2 is 1.13 bits per heavy atom. The lowest BCUT2D eigenvalue weighted by molar-refractivity contribution is 1.18. The summed E-state index contributed by atoms with van der Waals surface area (Å²) in [6.45, 7) is 0. The summed E-state index contributed by atoms with van der Waals surface area (Å²) >= 11 is 0. The molecule has 3 heterocycles. The van der Waals surface area contributed by atoms with Crippen molar-refractivity contribution >= 4 is 43.4 Å². The van der Waals surface area contributed by atoms with Gasteiger partial charge in [0.25, 0.3) is 0 Å². The summed E-state index contributed by atoms with van der Waals surface area (Å²) in [5.41, 5.74) is 9.66. The summed E-state index contributed by atoms with van der Waals surface area (Å²) in [4.78, 5) is 9.70. The Labute approximate surface area is 260 Å². The molecule has 0 bridgehead atoms. The van der Waals surface area contributed by atoms with Gasteiger partial charge in [-0.3, -0.25) is 4.98 Å². The van der Waals surface area contributed by atoms with Crippen molar-refractivity contribution in [2.75, 3.05) is 0 Å². The highest BCUT2D eigenvalue weighted by Crippen LogP contribution is 2.42. The van der Waals surface area contributed by atoms with Gasteiger partial charge in [0.05, 0.1) is 28.1 Å². The number of fused-ring (bicyclic) bond motifs is 6. The minimum Gasteiger partial charge on any atom is -0.309 e. The lowest BCUT2D eigenvalue weighted by Gasteiger charge is -2.12. The first-order valence-corrected chi connectivity index (χ1v) is 15.3. The van der Waals surface area contributed by atoms with Crippen LogP contribution < -0.4 is 0 Å². The minimum atomic E-state index is 0.862. The molecule has 6 aromatic carbocycles. The highest BCUT2D eigenvalue weighted by Gasteiger charge is 2.19. The van der Waals surface area contributed by atoms with E-state index in [4.69, 9.17) is 4.98 Å². The highest BCUT2D eigenvalue weighted by molar-refractivity contribution is 6.24. The van der Waals surface area contributed by atoms with Crippen LogP contribution in [0, 0.1) is 0 Å². The second kappa shape index (κ2) is 10.3. The molecule has 0 amide bonds. The SMILES string of the molecule is c1ccc(-n2c3cc(-c4cccc5ccccc45)ccc3c3c4ccccc4c(-c4cccc(-c5ccccn5)n4)cc32)cc1. The minimum absolute atomic E-state index is 0.862. The quantitative estimate of drug-likeness (QED) is 0.210. The Hall–Kier alpha value is -6.06. The van der Waals surface area contributed by atoms with E-state index in [2.05, 4.69) is 143 Å². The van der Waals surface area contributed by atoms with Crippen LogP contribution in [0.5, 0.6) is 0 Å². The molecule has 3 heteroatoms. The van der Waals surface area contributed by atoms with E-state index in [0.29, 0.717) is 0 Å². The standard InChI is InChI=1S/C42H27N3/c1-2-14-30(15-3-1)45-40-26-29(32-19-10-13-28-12-4-5-16-31(28)32)23-24-35(40)42-34-18-7-6-17-33(34)36(27-41(42)45)37-21-11-22-39(44-37)38-20-8-9-25-43-38/h1-27H. The zero-order chi connectivity index (χ0) is 29.7. The lowest BCUT2D eigenvalue weighted by atomic mass is 9.95. The topological polar surface area (TPSA) is 30.7 Å². The van der Waals surface area contributed by atoms with Crippen LogP contribution in [0.1, 0.15) is 0 Å². The molecule has 3 nitrogen and oxygen atoms in total. The third-order valence-electron chi connectivity index (χ3n) is 8.84. The molecule has 0 saturated heterocycles. The second-order valence-electron chi connectivity index (χ2n) is 11.4. The summed E-state index contributed by atoms with van der Waals surface area (Å²) in [6.07, 6.45) is 1.82. The highest BCUT2D eigenvalue weighted by atomic mass is 15.0. The number of hydrogen-bond donors (Lipinski definition) is 0. The largest absolute Gasteiger partial charge is 0.309 e. The van der Waals surface area contributed by atoms with Gasteiger partial charge >= 0.3 is 0 Å². The fraction of sp³-hybridized carbons (Fsp3) is 0. The van der Waals surface area contributed by atoms with E-state index in [1.807, 2.05) is 30.5 Å². The Morgan fingerprint density at radius 1 is 0.422 bits per heavy atom. The number of rotatable bonds is 4. The molecular weight excluding hydrogens is 546 g/mol. The van der Waals surface area contributed by atoms with Gasteiger partial charge in [-0.2, -0.15) is 0 Å². The van der Waals surface area contributed by atoms with Crippen LogP contribution in [0.25, 0.3) is 82.8 Å². The summed E-state index contributed by atoms with van der Waals surface area (Å²) in [7, 11) is 0. The van der Waals surface area contributed by atoms with E-state index >= 15 is 0 Å². The number of para-hydroxylation sites is 1. The third kappa shape index (κ3) is 4.13. The van der Waals surface area contributed by atoms with Crippen molar-refractivity contribution in [3.63, 3.8) is 0 Å². The fourth-order valence-electron chi connectivity index (χ4n) is 6.83. The maximum absolute atomic E-state index is 5.14. The van der Waals surface area contributed by atoms with Crippen LogP contribution >= 0.6 is 0 Å². The monoisotopic (exact) mass is 573 g/mol. The van der Waals surface area contributed by atoms with Crippen LogP contribution in [0.15, 0.2) is 164 Å². The fourth-order valence-corrected chi connectivity index (χ4v) is 6.83. The van der Waals surface area contributed by atoms with Crippen LogP contribution in [-0.2, 0) is 0 Å². The average Bonchev–Trinajstić information content (AvgIpc) is 3.45. The number of hydrogen-bond acceptors (Lipinski definition) is 2. The van der Waals surface area contributed by atoms with E-state index in [9.17, 15) is 0 Å². The summed E-state index contributed by atoms with van der Waals surface area (Å²) in [6, 6.07) is 56.0. The normalized spacial score (nSPS) is 11.6. The van der Waals surface area contributed by atoms with Gasteiger partial charge in [-0.25, -0.2) is 4.98 Å². The molecule has 0 saturated carbocycles. The van der Waals surface area contributed by atoms with E-state index in [0.717, 1.165) is 33.8 Å². The van der Waals surface area contributed by atoms with Crippen molar-refractivity contribution in [3.05, 3.63) is 164 Å². The van der Waals surface area contributed by atoms with Gasteiger partial charge in [0.2, 0.25) is 0 Å². The zero-order valence-electron chi connectivity index (χ0n) is 24.4. The first kappa shape index (κ1) is 25.4. The van der Waals surface area contributed by atoms with E-state index < -0.39 is 0 Å². The number of aromatic nitrogens is 3. The van der Waals surface area contributed by atoms with E-state index in [-0.39, 0.29) is 0 Å². The van der Waals surface area contributed by atoms with Crippen molar-refractivity contribution in [2.24, 2.45) is 0 Å². The zero-order valence-corrected chi connectivity index (χ0v) is 24.4. The van der Waals surface area contributed by atoms with Crippen LogP contribution in [0.4, 0.5) is 0 Å². The molecule has 9 rings (SSSR count). The maximum Gasteiger partial charge on any atom is 0.0893 e. The van der Waals surface area contributed by atoms with Crippen molar-refractivity contribution in [1.82, 2.24) is 14.5 Å². The molecular formula is C42H27N3. The van der Waals surface area contributed by atoms with Crippen molar-refractivity contribution in [1.29, 1.82) is 0 Å². The average molecular weight is 574 g/mol. The predicted molar refractivity (Wildman–Crippen MR) is 188 cm³/mol. The lowest BCUT2D eigenvalue weighted by Crippen LogP contribution is -1.95. The Bertz CT molecular complexity index is 2520. The molecule has 45 heavy (non-hydrogen) atoms. The smallest absolute Gasteiger partial charge is 0.0893 e. The molecule has 0 aliphatic carbocycles. The molecule has 0 unspecified atom stereocenters. The predicted octanol–water partition coefficient (Wildman–Crippen LogP) is 10.9. The molecule has 0 fully saturated rings. The van der Waals surface area contributed by atoms with Gasteiger partial charge in [0, 0.05) is 28.2 Å². The van der Waals surface area contributed by atoms with Crippen LogP contribution in [0.3, 0.4) is 0 Å². The molecule has 0 radical (unpaired) electrons. The Balaban J connectivity index is 1.37. The van der Waals surface area contributed by atoms with Crippen LogP contribution in [0.2, 0.25) is 0 Å². The molecule has 0 atom stereocenters. The summed E-state index contributed by atoms with van der Waals surface area (Å²) in [5, 5.41) is 7.38. The second-order valence-corrected chi connectivity index (χ2v) is 11.4. The summed E-state index contributed by atoms with van der Waals surface area (Å²) in [5.74, 6) is 0. The van der Waals surface area contributed by atoms with Crippen molar-refractivity contribution < 1.29 is 0 Å². The molecule has 0 spiro atoms. The molecule has 0 aliphatic rings. The van der Waals surface area contributed by atoms with Gasteiger partial charge in [0.15, 0.2) is 0 Å². The van der Waals surface area contributed by atoms with Gasteiger partial charge in [-0.05, 0) is 81.2 Å². The van der Waals surface area contributed by atoms with Gasteiger partial charge in [-0.15, -0.1) is 0 Å².